The van der Waals surface area contributed by atoms with E-state index in [1.807, 2.05) is 25.3 Å². The highest BCUT2D eigenvalue weighted by molar-refractivity contribution is 8.01. The van der Waals surface area contributed by atoms with E-state index in [9.17, 15) is 10.1 Å². The van der Waals surface area contributed by atoms with Crippen molar-refractivity contribution < 1.29 is 4.92 Å². The third-order valence-corrected chi connectivity index (χ3v) is 4.23. The van der Waals surface area contributed by atoms with Crippen LogP contribution >= 0.6 is 23.1 Å². The van der Waals surface area contributed by atoms with Crippen LogP contribution < -0.4 is 0 Å². The summed E-state index contributed by atoms with van der Waals surface area (Å²) < 4.78 is 0.828. The van der Waals surface area contributed by atoms with Crippen molar-refractivity contribution in [3.05, 3.63) is 45.0 Å². The number of aromatic nitrogens is 1. The number of benzene rings is 1. The SMILES string of the molecule is Cc1ccc(Sc2nc(C)cs2)c([N+](=O)[O-])c1. The van der Waals surface area contributed by atoms with Crippen LogP contribution in [0.2, 0.25) is 0 Å². The van der Waals surface area contributed by atoms with Gasteiger partial charge in [-0.05, 0) is 25.5 Å². The van der Waals surface area contributed by atoms with E-state index in [0.29, 0.717) is 4.90 Å². The van der Waals surface area contributed by atoms with Crippen LogP contribution in [0.15, 0.2) is 32.8 Å². The molecule has 0 bridgehead atoms. The molecule has 0 unspecified atom stereocenters. The van der Waals surface area contributed by atoms with E-state index >= 15 is 0 Å². The molecule has 0 N–H and O–H groups in total. The van der Waals surface area contributed by atoms with Gasteiger partial charge in [-0.1, -0.05) is 17.8 Å². The highest BCUT2D eigenvalue weighted by Gasteiger charge is 2.15. The van der Waals surface area contributed by atoms with Crippen LogP contribution in [-0.4, -0.2) is 9.91 Å². The number of rotatable bonds is 3. The molecule has 88 valence electrons. The Bertz CT molecular complexity index is 566. The summed E-state index contributed by atoms with van der Waals surface area (Å²) in [5.74, 6) is 0. The number of hydrogen-bond acceptors (Lipinski definition) is 5. The van der Waals surface area contributed by atoms with Crippen LogP contribution in [0.3, 0.4) is 0 Å². The normalized spacial score (nSPS) is 10.5. The molecule has 1 aromatic carbocycles. The molecule has 0 atom stereocenters. The Labute approximate surface area is 107 Å². The summed E-state index contributed by atoms with van der Waals surface area (Å²) in [6, 6.07) is 5.23. The molecule has 0 saturated carbocycles. The number of hydrogen-bond donors (Lipinski definition) is 0. The van der Waals surface area contributed by atoms with Gasteiger partial charge in [0.1, 0.15) is 0 Å². The Morgan fingerprint density at radius 2 is 2.18 bits per heavy atom. The summed E-state index contributed by atoms with van der Waals surface area (Å²) >= 11 is 2.84. The van der Waals surface area contributed by atoms with Crippen molar-refractivity contribution in [1.82, 2.24) is 4.98 Å². The summed E-state index contributed by atoms with van der Waals surface area (Å²) in [4.78, 5) is 15.5. The van der Waals surface area contributed by atoms with E-state index in [0.717, 1.165) is 15.6 Å². The Morgan fingerprint density at radius 1 is 1.41 bits per heavy atom. The second-order valence-electron chi connectivity index (χ2n) is 3.59. The first kappa shape index (κ1) is 12.1. The summed E-state index contributed by atoms with van der Waals surface area (Å²) in [6.07, 6.45) is 0. The van der Waals surface area contributed by atoms with E-state index < -0.39 is 0 Å². The Kier molecular flexibility index (Phi) is 3.44. The van der Waals surface area contributed by atoms with Gasteiger partial charge < -0.3 is 0 Å². The van der Waals surface area contributed by atoms with Gasteiger partial charge in [-0.2, -0.15) is 0 Å². The molecule has 1 heterocycles. The van der Waals surface area contributed by atoms with Crippen molar-refractivity contribution in [3.8, 4) is 0 Å². The molecule has 4 nitrogen and oxygen atoms in total. The first-order valence-electron chi connectivity index (χ1n) is 4.91. The quantitative estimate of drug-likeness (QED) is 0.626. The largest absolute Gasteiger partial charge is 0.283 e. The molecule has 6 heteroatoms. The van der Waals surface area contributed by atoms with Gasteiger partial charge in [-0.15, -0.1) is 11.3 Å². The lowest BCUT2D eigenvalue weighted by Gasteiger charge is -2.01. The predicted octanol–water partition coefficient (Wildman–Crippen LogP) is 3.82. The summed E-state index contributed by atoms with van der Waals surface area (Å²) in [6.45, 7) is 3.75. The summed E-state index contributed by atoms with van der Waals surface area (Å²) in [7, 11) is 0. The molecule has 0 spiro atoms. The van der Waals surface area contributed by atoms with Gasteiger partial charge >= 0.3 is 0 Å². The molecule has 0 fully saturated rings. The van der Waals surface area contributed by atoms with Crippen molar-refractivity contribution in [2.24, 2.45) is 0 Å². The van der Waals surface area contributed by atoms with Gasteiger partial charge in [0.15, 0.2) is 4.34 Å². The lowest BCUT2D eigenvalue weighted by atomic mass is 10.2. The van der Waals surface area contributed by atoms with E-state index in [1.165, 1.54) is 23.1 Å². The van der Waals surface area contributed by atoms with E-state index in [-0.39, 0.29) is 10.6 Å². The molecule has 0 radical (unpaired) electrons. The second-order valence-corrected chi connectivity index (χ2v) is 5.73. The Morgan fingerprint density at radius 3 is 2.76 bits per heavy atom. The molecule has 0 saturated heterocycles. The smallest absolute Gasteiger partial charge is 0.258 e. The maximum atomic E-state index is 10.9. The fourth-order valence-corrected chi connectivity index (χ4v) is 3.21. The zero-order valence-corrected chi connectivity index (χ0v) is 11.0. The van der Waals surface area contributed by atoms with Gasteiger partial charge in [0.2, 0.25) is 0 Å². The predicted molar refractivity (Wildman–Crippen MR) is 68.8 cm³/mol. The molecule has 0 aliphatic rings. The molecule has 2 aromatic rings. The number of nitro groups is 1. The van der Waals surface area contributed by atoms with Crippen LogP contribution in [0, 0.1) is 24.0 Å². The van der Waals surface area contributed by atoms with Crippen molar-refractivity contribution in [2.45, 2.75) is 23.1 Å². The van der Waals surface area contributed by atoms with Gasteiger partial charge in [-0.25, -0.2) is 4.98 Å². The number of nitrogens with zero attached hydrogens (tertiary/aromatic N) is 2. The highest BCUT2D eigenvalue weighted by Crippen LogP contribution is 2.36. The first-order chi connectivity index (χ1) is 8.06. The topological polar surface area (TPSA) is 56.0 Å². The zero-order chi connectivity index (χ0) is 12.4. The standard InChI is InChI=1S/C11H10N2O2S2/c1-7-3-4-10(9(5-7)13(14)15)17-11-12-8(2)6-16-11/h3-6H,1-2H3. The first-order valence-corrected chi connectivity index (χ1v) is 6.61. The molecule has 2 rings (SSSR count). The lowest BCUT2D eigenvalue weighted by molar-refractivity contribution is -0.387. The van der Waals surface area contributed by atoms with Crippen LogP contribution in [0.4, 0.5) is 5.69 Å². The van der Waals surface area contributed by atoms with Gasteiger partial charge in [0, 0.05) is 17.1 Å². The molecular formula is C11H10N2O2S2. The van der Waals surface area contributed by atoms with Crippen molar-refractivity contribution in [2.75, 3.05) is 0 Å². The maximum Gasteiger partial charge on any atom is 0.283 e. The third-order valence-electron chi connectivity index (χ3n) is 2.11. The molecule has 1 aromatic heterocycles. The fraction of sp³-hybridized carbons (Fsp3) is 0.182. The van der Waals surface area contributed by atoms with Crippen molar-refractivity contribution >= 4 is 28.8 Å². The van der Waals surface area contributed by atoms with Gasteiger partial charge in [-0.3, -0.25) is 10.1 Å². The molecular weight excluding hydrogens is 256 g/mol. The zero-order valence-electron chi connectivity index (χ0n) is 9.34. The fourth-order valence-electron chi connectivity index (χ4n) is 1.33. The number of aryl methyl sites for hydroxylation is 2. The minimum absolute atomic E-state index is 0.142. The van der Waals surface area contributed by atoms with Crippen LogP contribution in [0.1, 0.15) is 11.3 Å². The van der Waals surface area contributed by atoms with Crippen molar-refractivity contribution in [3.63, 3.8) is 0 Å². The van der Waals surface area contributed by atoms with E-state index in [2.05, 4.69) is 4.98 Å². The van der Waals surface area contributed by atoms with Gasteiger partial charge in [0.05, 0.1) is 9.82 Å². The van der Waals surface area contributed by atoms with E-state index in [1.54, 1.807) is 12.1 Å². The molecule has 0 aliphatic heterocycles. The van der Waals surface area contributed by atoms with Crippen LogP contribution in [-0.2, 0) is 0 Å². The average molecular weight is 266 g/mol. The Balaban J connectivity index is 2.35. The lowest BCUT2D eigenvalue weighted by Crippen LogP contribution is -1.91. The summed E-state index contributed by atoms with van der Waals surface area (Å²) in [5.41, 5.74) is 1.96. The molecule has 17 heavy (non-hydrogen) atoms. The second kappa shape index (κ2) is 4.85. The van der Waals surface area contributed by atoms with Crippen LogP contribution in [0.5, 0.6) is 0 Å². The minimum Gasteiger partial charge on any atom is -0.258 e. The highest BCUT2D eigenvalue weighted by atomic mass is 32.2. The van der Waals surface area contributed by atoms with Crippen LogP contribution in [0.25, 0.3) is 0 Å². The summed E-state index contributed by atoms with van der Waals surface area (Å²) in [5, 5.41) is 12.9. The van der Waals surface area contributed by atoms with Crippen molar-refractivity contribution in [1.29, 1.82) is 0 Å². The maximum absolute atomic E-state index is 10.9. The van der Waals surface area contributed by atoms with E-state index in [4.69, 9.17) is 0 Å². The monoisotopic (exact) mass is 266 g/mol. The molecule has 0 amide bonds. The Hall–Kier alpha value is -1.40. The third kappa shape index (κ3) is 2.83. The number of thiazole rings is 1. The average Bonchev–Trinajstić information content (AvgIpc) is 2.66. The molecule has 0 aliphatic carbocycles. The van der Waals surface area contributed by atoms with Gasteiger partial charge in [0.25, 0.3) is 5.69 Å². The number of nitro benzene ring substituents is 1. The minimum atomic E-state index is -0.351.